The van der Waals surface area contributed by atoms with Crippen LogP contribution in [0.5, 0.6) is 0 Å². The van der Waals surface area contributed by atoms with Gasteiger partial charge in [0.15, 0.2) is 5.82 Å². The molecule has 1 aliphatic heterocycles. The molecule has 1 N–H and O–H groups in total. The van der Waals surface area contributed by atoms with Gasteiger partial charge in [-0.25, -0.2) is 14.4 Å². The van der Waals surface area contributed by atoms with E-state index in [-0.39, 0.29) is 11.5 Å². The molecule has 0 saturated carbocycles. The summed E-state index contributed by atoms with van der Waals surface area (Å²) in [5.41, 5.74) is 2.67. The summed E-state index contributed by atoms with van der Waals surface area (Å²) in [4.78, 5) is 22.1. The molecule has 1 saturated heterocycles. The summed E-state index contributed by atoms with van der Waals surface area (Å²) in [6, 6.07) is 15.1. The Hall–Kier alpha value is -3.55. The van der Waals surface area contributed by atoms with E-state index in [1.54, 1.807) is 24.3 Å². The number of hydrogen-bond donors (Lipinski definition) is 1. The largest absolute Gasteiger partial charge is 0.382 e. The first-order valence-corrected chi connectivity index (χ1v) is 10.4. The third-order valence-electron chi connectivity index (χ3n) is 5.50. The Kier molecular flexibility index (Phi) is 6.06. The maximum atomic E-state index is 13.1. The standard InChI is InChI=1S/C23H24FN5O2/c1-2-18-15-22(27-23(26-18)16-3-9-21(10-4-16)29(30)31)28-13-11-20(12-14-28)25-19-7-5-17(24)6-8-19/h3-10,15,20,25H,2,11-14H2,1H3. The van der Waals surface area contributed by atoms with Crippen molar-refractivity contribution in [3.05, 3.63) is 76.2 Å². The first kappa shape index (κ1) is 20.7. The minimum Gasteiger partial charge on any atom is -0.382 e. The topological polar surface area (TPSA) is 84.2 Å². The molecule has 0 amide bonds. The Balaban J connectivity index is 1.47. The number of aromatic nitrogens is 2. The van der Waals surface area contributed by atoms with E-state index in [1.165, 1.54) is 24.3 Å². The number of nitrogens with one attached hydrogen (secondary N) is 1. The molecule has 0 radical (unpaired) electrons. The number of piperidine rings is 1. The van der Waals surface area contributed by atoms with Crippen LogP contribution in [0.15, 0.2) is 54.6 Å². The Morgan fingerprint density at radius 2 is 1.77 bits per heavy atom. The normalized spacial score (nSPS) is 14.5. The lowest BCUT2D eigenvalue weighted by molar-refractivity contribution is -0.384. The van der Waals surface area contributed by atoms with Gasteiger partial charge in [0.2, 0.25) is 0 Å². The fraction of sp³-hybridized carbons (Fsp3) is 0.304. The molecule has 0 spiro atoms. The minimum atomic E-state index is -0.414. The van der Waals surface area contributed by atoms with E-state index in [2.05, 4.69) is 15.2 Å². The van der Waals surface area contributed by atoms with Gasteiger partial charge in [-0.2, -0.15) is 0 Å². The summed E-state index contributed by atoms with van der Waals surface area (Å²) in [5.74, 6) is 1.22. The summed E-state index contributed by atoms with van der Waals surface area (Å²) in [6.07, 6.45) is 2.66. The van der Waals surface area contributed by atoms with Gasteiger partial charge in [0, 0.05) is 54.3 Å². The average molecular weight is 421 g/mol. The molecule has 31 heavy (non-hydrogen) atoms. The number of halogens is 1. The molecule has 8 heteroatoms. The van der Waals surface area contributed by atoms with Gasteiger partial charge in [0.05, 0.1) is 4.92 Å². The van der Waals surface area contributed by atoms with Gasteiger partial charge in [-0.1, -0.05) is 6.92 Å². The van der Waals surface area contributed by atoms with Gasteiger partial charge in [-0.15, -0.1) is 0 Å². The summed E-state index contributed by atoms with van der Waals surface area (Å²) in [7, 11) is 0. The predicted octanol–water partition coefficient (Wildman–Crippen LogP) is 4.83. The van der Waals surface area contributed by atoms with Crippen LogP contribution in [0.4, 0.5) is 21.6 Å². The first-order chi connectivity index (χ1) is 15.0. The fourth-order valence-electron chi connectivity index (χ4n) is 3.72. The fourth-order valence-corrected chi connectivity index (χ4v) is 3.72. The van der Waals surface area contributed by atoms with E-state index in [0.29, 0.717) is 11.9 Å². The Bertz CT molecular complexity index is 1050. The summed E-state index contributed by atoms with van der Waals surface area (Å²) < 4.78 is 13.1. The molecule has 0 aliphatic carbocycles. The van der Waals surface area contributed by atoms with Gasteiger partial charge < -0.3 is 10.2 Å². The second-order valence-corrected chi connectivity index (χ2v) is 7.61. The van der Waals surface area contributed by atoms with Crippen LogP contribution in [0, 0.1) is 15.9 Å². The number of nitrogens with zero attached hydrogens (tertiary/aromatic N) is 4. The molecule has 160 valence electrons. The molecule has 7 nitrogen and oxygen atoms in total. The van der Waals surface area contributed by atoms with Crippen molar-refractivity contribution in [2.24, 2.45) is 0 Å². The quantitative estimate of drug-likeness (QED) is 0.453. The maximum absolute atomic E-state index is 13.1. The lowest BCUT2D eigenvalue weighted by Gasteiger charge is -2.34. The van der Waals surface area contributed by atoms with E-state index >= 15 is 0 Å². The van der Waals surface area contributed by atoms with Crippen LogP contribution in [0.2, 0.25) is 0 Å². The van der Waals surface area contributed by atoms with Gasteiger partial charge in [0.25, 0.3) is 5.69 Å². The SMILES string of the molecule is CCc1cc(N2CCC(Nc3ccc(F)cc3)CC2)nc(-c2ccc([N+](=O)[O-])cc2)n1. The van der Waals surface area contributed by atoms with Gasteiger partial charge >= 0.3 is 0 Å². The molecule has 3 aromatic rings. The molecule has 0 bridgehead atoms. The zero-order chi connectivity index (χ0) is 21.8. The average Bonchev–Trinajstić information content (AvgIpc) is 2.81. The molecule has 2 heterocycles. The van der Waals surface area contributed by atoms with E-state index in [1.807, 2.05) is 13.0 Å². The second-order valence-electron chi connectivity index (χ2n) is 7.61. The van der Waals surface area contributed by atoms with Crippen molar-refractivity contribution in [3.8, 4) is 11.4 Å². The Labute approximate surface area is 180 Å². The lowest BCUT2D eigenvalue weighted by Crippen LogP contribution is -2.39. The van der Waals surface area contributed by atoms with E-state index in [4.69, 9.17) is 4.98 Å². The van der Waals surface area contributed by atoms with Crippen LogP contribution in [0.3, 0.4) is 0 Å². The van der Waals surface area contributed by atoms with Crippen LogP contribution < -0.4 is 10.2 Å². The Morgan fingerprint density at radius 3 is 2.39 bits per heavy atom. The van der Waals surface area contributed by atoms with Crippen molar-refractivity contribution in [2.45, 2.75) is 32.2 Å². The number of benzene rings is 2. The lowest BCUT2D eigenvalue weighted by atomic mass is 10.0. The van der Waals surface area contributed by atoms with Gasteiger partial charge in [-0.05, 0) is 55.7 Å². The van der Waals surface area contributed by atoms with Gasteiger partial charge in [0.1, 0.15) is 11.6 Å². The highest BCUT2D eigenvalue weighted by atomic mass is 19.1. The molecule has 1 fully saturated rings. The summed E-state index contributed by atoms with van der Waals surface area (Å²) in [6.45, 7) is 3.74. The van der Waals surface area contributed by atoms with Crippen molar-refractivity contribution in [1.82, 2.24) is 9.97 Å². The number of nitro groups is 1. The Morgan fingerprint density at radius 1 is 1.10 bits per heavy atom. The number of anilines is 2. The maximum Gasteiger partial charge on any atom is 0.269 e. The highest BCUT2D eigenvalue weighted by Gasteiger charge is 2.21. The zero-order valence-corrected chi connectivity index (χ0v) is 17.3. The molecule has 0 unspecified atom stereocenters. The number of aryl methyl sites for hydroxylation is 1. The second kappa shape index (κ2) is 9.07. The number of hydrogen-bond acceptors (Lipinski definition) is 6. The third kappa shape index (κ3) is 4.96. The smallest absolute Gasteiger partial charge is 0.269 e. The third-order valence-corrected chi connectivity index (χ3v) is 5.50. The molecule has 2 aromatic carbocycles. The summed E-state index contributed by atoms with van der Waals surface area (Å²) >= 11 is 0. The van der Waals surface area contributed by atoms with Crippen LogP contribution in [-0.2, 0) is 6.42 Å². The molecular weight excluding hydrogens is 397 g/mol. The number of non-ortho nitro benzene ring substituents is 1. The predicted molar refractivity (Wildman–Crippen MR) is 119 cm³/mol. The number of rotatable bonds is 6. The van der Waals surface area contributed by atoms with Crippen molar-refractivity contribution in [1.29, 1.82) is 0 Å². The van der Waals surface area contributed by atoms with Crippen molar-refractivity contribution < 1.29 is 9.31 Å². The van der Waals surface area contributed by atoms with Crippen LogP contribution >= 0.6 is 0 Å². The highest BCUT2D eigenvalue weighted by Crippen LogP contribution is 2.26. The highest BCUT2D eigenvalue weighted by molar-refractivity contribution is 5.60. The zero-order valence-electron chi connectivity index (χ0n) is 17.3. The van der Waals surface area contributed by atoms with E-state index in [0.717, 1.165) is 55.1 Å². The number of nitro benzene ring substituents is 1. The monoisotopic (exact) mass is 421 g/mol. The van der Waals surface area contributed by atoms with Crippen molar-refractivity contribution in [2.75, 3.05) is 23.3 Å². The minimum absolute atomic E-state index is 0.0475. The van der Waals surface area contributed by atoms with E-state index < -0.39 is 4.92 Å². The van der Waals surface area contributed by atoms with Crippen LogP contribution in [-0.4, -0.2) is 34.0 Å². The van der Waals surface area contributed by atoms with Gasteiger partial charge in [-0.3, -0.25) is 10.1 Å². The molecule has 0 atom stereocenters. The van der Waals surface area contributed by atoms with Crippen molar-refractivity contribution in [3.63, 3.8) is 0 Å². The van der Waals surface area contributed by atoms with Crippen molar-refractivity contribution >= 4 is 17.2 Å². The van der Waals surface area contributed by atoms with Crippen LogP contribution in [0.1, 0.15) is 25.5 Å². The van der Waals surface area contributed by atoms with Crippen LogP contribution in [0.25, 0.3) is 11.4 Å². The first-order valence-electron chi connectivity index (χ1n) is 10.4. The molecular formula is C23H24FN5O2. The molecule has 1 aromatic heterocycles. The molecule has 4 rings (SSSR count). The molecule has 1 aliphatic rings. The van der Waals surface area contributed by atoms with E-state index in [9.17, 15) is 14.5 Å². The summed E-state index contributed by atoms with van der Waals surface area (Å²) in [5, 5.41) is 14.4.